The largest absolute Gasteiger partial charge is 0.367 e. The van der Waals surface area contributed by atoms with Gasteiger partial charge in [-0.05, 0) is 32.8 Å². The van der Waals surface area contributed by atoms with Crippen LogP contribution in [-0.2, 0) is 0 Å². The summed E-state index contributed by atoms with van der Waals surface area (Å²) < 4.78 is 0. The molecule has 0 amide bonds. The van der Waals surface area contributed by atoms with Crippen LogP contribution in [0.3, 0.4) is 0 Å². The number of likely N-dealkylation sites (tertiary alicyclic amines) is 1. The van der Waals surface area contributed by atoms with Crippen LogP contribution in [0.15, 0.2) is 18.3 Å². The third-order valence-electron chi connectivity index (χ3n) is 3.57. The van der Waals surface area contributed by atoms with E-state index in [-0.39, 0.29) is 5.69 Å². The van der Waals surface area contributed by atoms with Crippen molar-refractivity contribution >= 4 is 11.5 Å². The van der Waals surface area contributed by atoms with E-state index in [0.29, 0.717) is 17.9 Å². The van der Waals surface area contributed by atoms with E-state index in [1.54, 1.807) is 6.07 Å². The van der Waals surface area contributed by atoms with Crippen LogP contribution in [0.1, 0.15) is 26.7 Å². The van der Waals surface area contributed by atoms with E-state index in [1.165, 1.54) is 12.3 Å². The predicted molar refractivity (Wildman–Crippen MR) is 74.2 cm³/mol. The maximum atomic E-state index is 10.5. The molecule has 0 aromatic carbocycles. The molecule has 0 unspecified atom stereocenters. The van der Waals surface area contributed by atoms with Crippen LogP contribution < -0.4 is 5.32 Å². The van der Waals surface area contributed by atoms with Crippen molar-refractivity contribution in [2.75, 3.05) is 18.4 Å². The Morgan fingerprint density at radius 1 is 1.42 bits per heavy atom. The van der Waals surface area contributed by atoms with Crippen molar-refractivity contribution in [2.24, 2.45) is 0 Å². The molecule has 0 saturated carbocycles. The normalized spacial score (nSPS) is 17.6. The fraction of sp³-hybridized carbons (Fsp3) is 0.615. The highest BCUT2D eigenvalue weighted by molar-refractivity contribution is 5.40. The lowest BCUT2D eigenvalue weighted by Crippen LogP contribution is -2.42. The number of aromatic nitrogens is 1. The van der Waals surface area contributed by atoms with Gasteiger partial charge >= 0.3 is 0 Å². The molecule has 1 N–H and O–H groups in total. The van der Waals surface area contributed by atoms with Crippen molar-refractivity contribution in [2.45, 2.75) is 38.8 Å². The first-order valence-corrected chi connectivity index (χ1v) is 6.67. The van der Waals surface area contributed by atoms with E-state index >= 15 is 0 Å². The molecule has 1 aromatic rings. The molecule has 1 fully saturated rings. The minimum Gasteiger partial charge on any atom is -0.367 e. The Balaban J connectivity index is 1.87. The maximum Gasteiger partial charge on any atom is 0.287 e. The highest BCUT2D eigenvalue weighted by atomic mass is 16.6. The van der Waals surface area contributed by atoms with Gasteiger partial charge in [-0.15, -0.1) is 0 Å². The molecular weight excluding hydrogens is 244 g/mol. The SMILES string of the molecule is CC(C)N1CCC(Nc2ccc([N+](=O)[O-])cn2)CC1. The smallest absolute Gasteiger partial charge is 0.287 e. The molecule has 0 aliphatic carbocycles. The number of rotatable bonds is 4. The minimum atomic E-state index is -0.433. The Kier molecular flexibility index (Phi) is 4.31. The molecule has 0 spiro atoms. The summed E-state index contributed by atoms with van der Waals surface area (Å²) in [7, 11) is 0. The van der Waals surface area contributed by atoms with E-state index in [2.05, 4.69) is 29.0 Å². The summed E-state index contributed by atoms with van der Waals surface area (Å²) >= 11 is 0. The Labute approximate surface area is 113 Å². The molecule has 0 radical (unpaired) electrons. The molecule has 1 aliphatic heterocycles. The quantitative estimate of drug-likeness (QED) is 0.667. The Bertz CT molecular complexity index is 425. The molecule has 2 heterocycles. The van der Waals surface area contributed by atoms with E-state index < -0.39 is 4.92 Å². The van der Waals surface area contributed by atoms with Gasteiger partial charge in [-0.25, -0.2) is 4.98 Å². The first-order chi connectivity index (χ1) is 9.06. The standard InChI is InChI=1S/C13H20N4O2/c1-10(2)16-7-5-11(6-8-16)15-13-4-3-12(9-14-13)17(18)19/h3-4,9-11H,5-8H2,1-2H3,(H,14,15). The lowest BCUT2D eigenvalue weighted by Gasteiger charge is -2.35. The van der Waals surface area contributed by atoms with Crippen molar-refractivity contribution < 1.29 is 4.92 Å². The lowest BCUT2D eigenvalue weighted by atomic mass is 10.0. The second kappa shape index (κ2) is 5.97. The zero-order valence-electron chi connectivity index (χ0n) is 11.4. The van der Waals surface area contributed by atoms with Crippen LogP contribution in [0.4, 0.5) is 11.5 Å². The Hall–Kier alpha value is -1.69. The first-order valence-electron chi connectivity index (χ1n) is 6.67. The van der Waals surface area contributed by atoms with Crippen LogP contribution in [0.2, 0.25) is 0 Å². The van der Waals surface area contributed by atoms with Crippen LogP contribution in [-0.4, -0.2) is 40.0 Å². The molecule has 2 rings (SSSR count). The summed E-state index contributed by atoms with van der Waals surface area (Å²) in [5.74, 6) is 0.716. The average Bonchev–Trinajstić information content (AvgIpc) is 2.40. The maximum absolute atomic E-state index is 10.5. The van der Waals surface area contributed by atoms with E-state index in [9.17, 15) is 10.1 Å². The number of nitrogens with zero attached hydrogens (tertiary/aromatic N) is 3. The third-order valence-corrected chi connectivity index (χ3v) is 3.57. The molecule has 1 saturated heterocycles. The molecule has 0 bridgehead atoms. The van der Waals surface area contributed by atoms with Crippen molar-refractivity contribution in [3.05, 3.63) is 28.4 Å². The fourth-order valence-corrected chi connectivity index (χ4v) is 2.35. The van der Waals surface area contributed by atoms with Crippen LogP contribution in [0.5, 0.6) is 0 Å². The van der Waals surface area contributed by atoms with Crippen LogP contribution in [0, 0.1) is 10.1 Å². The summed E-state index contributed by atoms with van der Waals surface area (Å²) in [4.78, 5) is 16.7. The van der Waals surface area contributed by atoms with Gasteiger partial charge in [-0.3, -0.25) is 10.1 Å². The van der Waals surface area contributed by atoms with E-state index in [1.807, 2.05) is 0 Å². The third kappa shape index (κ3) is 3.64. The Morgan fingerprint density at radius 2 is 2.11 bits per heavy atom. The topological polar surface area (TPSA) is 71.3 Å². The molecule has 1 aliphatic rings. The van der Waals surface area contributed by atoms with Gasteiger partial charge in [-0.1, -0.05) is 0 Å². The van der Waals surface area contributed by atoms with Crippen LogP contribution in [0.25, 0.3) is 0 Å². The van der Waals surface area contributed by atoms with Gasteiger partial charge in [0.1, 0.15) is 12.0 Å². The predicted octanol–water partition coefficient (Wildman–Crippen LogP) is 2.27. The second-order valence-electron chi connectivity index (χ2n) is 5.21. The molecule has 104 valence electrons. The van der Waals surface area contributed by atoms with Crippen molar-refractivity contribution in [3.8, 4) is 0 Å². The van der Waals surface area contributed by atoms with Crippen molar-refractivity contribution in [1.29, 1.82) is 0 Å². The highest BCUT2D eigenvalue weighted by Crippen LogP contribution is 2.18. The summed E-state index contributed by atoms with van der Waals surface area (Å²) in [6.07, 6.45) is 3.46. The molecule has 6 heteroatoms. The summed E-state index contributed by atoms with van der Waals surface area (Å²) in [5.41, 5.74) is 0.0279. The van der Waals surface area contributed by atoms with Crippen LogP contribution >= 0.6 is 0 Å². The molecule has 6 nitrogen and oxygen atoms in total. The molecule has 0 atom stereocenters. The van der Waals surface area contributed by atoms with Crippen molar-refractivity contribution in [1.82, 2.24) is 9.88 Å². The van der Waals surface area contributed by atoms with E-state index in [0.717, 1.165) is 25.9 Å². The first kappa shape index (κ1) is 13.7. The van der Waals surface area contributed by atoms with E-state index in [4.69, 9.17) is 0 Å². The zero-order chi connectivity index (χ0) is 13.8. The number of anilines is 1. The van der Waals surface area contributed by atoms with Gasteiger partial charge in [0, 0.05) is 31.2 Å². The lowest BCUT2D eigenvalue weighted by molar-refractivity contribution is -0.385. The number of nitrogens with one attached hydrogen (secondary N) is 1. The van der Waals surface area contributed by atoms with Crippen molar-refractivity contribution in [3.63, 3.8) is 0 Å². The summed E-state index contributed by atoms with van der Waals surface area (Å²) in [6.45, 7) is 6.60. The second-order valence-corrected chi connectivity index (χ2v) is 5.21. The number of piperidine rings is 1. The van der Waals surface area contributed by atoms with Gasteiger partial charge < -0.3 is 10.2 Å². The van der Waals surface area contributed by atoms with Gasteiger partial charge in [0.25, 0.3) is 5.69 Å². The summed E-state index contributed by atoms with van der Waals surface area (Å²) in [5, 5.41) is 13.9. The highest BCUT2D eigenvalue weighted by Gasteiger charge is 2.20. The molecular formula is C13H20N4O2. The van der Waals surface area contributed by atoms with Gasteiger partial charge in [0.2, 0.25) is 0 Å². The zero-order valence-corrected chi connectivity index (χ0v) is 11.4. The van der Waals surface area contributed by atoms with Gasteiger partial charge in [0.15, 0.2) is 0 Å². The van der Waals surface area contributed by atoms with Gasteiger partial charge in [0.05, 0.1) is 4.92 Å². The summed E-state index contributed by atoms with van der Waals surface area (Å²) in [6, 6.07) is 4.16. The van der Waals surface area contributed by atoms with Gasteiger partial charge in [-0.2, -0.15) is 0 Å². The number of hydrogen-bond acceptors (Lipinski definition) is 5. The average molecular weight is 264 g/mol. The Morgan fingerprint density at radius 3 is 2.58 bits per heavy atom. The molecule has 1 aromatic heterocycles. The monoisotopic (exact) mass is 264 g/mol. The number of pyridine rings is 1. The fourth-order valence-electron chi connectivity index (χ4n) is 2.35. The molecule has 19 heavy (non-hydrogen) atoms. The number of hydrogen-bond donors (Lipinski definition) is 1. The minimum absolute atomic E-state index is 0.0279. The number of nitro groups is 1.